The molecule has 0 saturated carbocycles. The lowest BCUT2D eigenvalue weighted by Gasteiger charge is -2.19. The number of amides is 1. The standard InChI is InChI=1S/C15H24N2O3/c1-15(2,16)10-17-14(18)8-5-11-9-12(19-3)6-7-13(11)20-4/h6-7,9H,5,8,10,16H2,1-4H3,(H,17,18). The smallest absolute Gasteiger partial charge is 0.220 e. The Kier molecular flexibility index (Phi) is 5.82. The molecule has 0 saturated heterocycles. The van der Waals surface area contributed by atoms with E-state index in [0.29, 0.717) is 19.4 Å². The third-order valence-corrected chi connectivity index (χ3v) is 2.85. The Balaban J connectivity index is 2.58. The Morgan fingerprint density at radius 1 is 1.30 bits per heavy atom. The fraction of sp³-hybridized carbons (Fsp3) is 0.533. The Bertz CT molecular complexity index is 453. The monoisotopic (exact) mass is 280 g/mol. The fourth-order valence-electron chi connectivity index (χ4n) is 1.74. The van der Waals surface area contributed by atoms with Crippen molar-refractivity contribution in [3.05, 3.63) is 23.8 Å². The van der Waals surface area contributed by atoms with Gasteiger partial charge >= 0.3 is 0 Å². The Labute approximate surface area is 120 Å². The first-order chi connectivity index (χ1) is 9.35. The van der Waals surface area contributed by atoms with Crippen LogP contribution >= 0.6 is 0 Å². The highest BCUT2D eigenvalue weighted by molar-refractivity contribution is 5.76. The lowest BCUT2D eigenvalue weighted by Crippen LogP contribution is -2.45. The van der Waals surface area contributed by atoms with Crippen molar-refractivity contribution < 1.29 is 14.3 Å². The summed E-state index contributed by atoms with van der Waals surface area (Å²) < 4.78 is 10.5. The van der Waals surface area contributed by atoms with Gasteiger partial charge in [0.05, 0.1) is 14.2 Å². The van der Waals surface area contributed by atoms with E-state index < -0.39 is 5.54 Å². The van der Waals surface area contributed by atoms with Crippen LogP contribution in [0, 0.1) is 0 Å². The van der Waals surface area contributed by atoms with E-state index in [9.17, 15) is 4.79 Å². The molecule has 1 amide bonds. The molecule has 1 aromatic carbocycles. The van der Waals surface area contributed by atoms with Crippen molar-refractivity contribution in [2.45, 2.75) is 32.2 Å². The number of aryl methyl sites for hydroxylation is 1. The minimum Gasteiger partial charge on any atom is -0.497 e. The van der Waals surface area contributed by atoms with Gasteiger partial charge in [0.1, 0.15) is 11.5 Å². The molecule has 1 aromatic rings. The van der Waals surface area contributed by atoms with E-state index in [2.05, 4.69) is 5.32 Å². The molecule has 0 aliphatic rings. The topological polar surface area (TPSA) is 73.6 Å². The van der Waals surface area contributed by atoms with Crippen molar-refractivity contribution in [3.8, 4) is 11.5 Å². The molecule has 0 bridgehead atoms. The number of hydrogen-bond donors (Lipinski definition) is 2. The number of carbonyl (C=O) groups excluding carboxylic acids is 1. The molecular weight excluding hydrogens is 256 g/mol. The quantitative estimate of drug-likeness (QED) is 0.793. The largest absolute Gasteiger partial charge is 0.497 e. The van der Waals surface area contributed by atoms with Crippen LogP contribution in [-0.2, 0) is 11.2 Å². The molecule has 1 rings (SSSR count). The molecule has 20 heavy (non-hydrogen) atoms. The van der Waals surface area contributed by atoms with Gasteiger partial charge in [-0.1, -0.05) is 0 Å². The number of benzene rings is 1. The van der Waals surface area contributed by atoms with Crippen molar-refractivity contribution in [3.63, 3.8) is 0 Å². The number of ether oxygens (including phenoxy) is 2. The molecule has 0 aliphatic carbocycles. The molecule has 0 fully saturated rings. The van der Waals surface area contributed by atoms with E-state index in [1.807, 2.05) is 32.0 Å². The third kappa shape index (κ3) is 5.48. The molecule has 5 heteroatoms. The fourth-order valence-corrected chi connectivity index (χ4v) is 1.74. The van der Waals surface area contributed by atoms with Gasteiger partial charge in [-0.3, -0.25) is 4.79 Å². The summed E-state index contributed by atoms with van der Waals surface area (Å²) in [5.41, 5.74) is 6.38. The van der Waals surface area contributed by atoms with Crippen LogP contribution in [0.4, 0.5) is 0 Å². The van der Waals surface area contributed by atoms with Crippen molar-refractivity contribution >= 4 is 5.91 Å². The summed E-state index contributed by atoms with van der Waals surface area (Å²) >= 11 is 0. The van der Waals surface area contributed by atoms with Gasteiger partial charge in [0.2, 0.25) is 5.91 Å². The van der Waals surface area contributed by atoms with E-state index in [-0.39, 0.29) is 5.91 Å². The summed E-state index contributed by atoms with van der Waals surface area (Å²) in [7, 11) is 3.23. The number of rotatable bonds is 7. The Hall–Kier alpha value is -1.75. The predicted molar refractivity (Wildman–Crippen MR) is 79.1 cm³/mol. The molecule has 3 N–H and O–H groups in total. The highest BCUT2D eigenvalue weighted by atomic mass is 16.5. The summed E-state index contributed by atoms with van der Waals surface area (Å²) in [6, 6.07) is 5.56. The molecule has 0 unspecified atom stereocenters. The first kappa shape index (κ1) is 16.3. The number of nitrogens with two attached hydrogens (primary N) is 1. The van der Waals surface area contributed by atoms with Gasteiger partial charge in [0.25, 0.3) is 0 Å². The van der Waals surface area contributed by atoms with Gasteiger partial charge in [0.15, 0.2) is 0 Å². The molecule has 0 atom stereocenters. The van der Waals surface area contributed by atoms with Crippen molar-refractivity contribution in [2.24, 2.45) is 5.73 Å². The van der Waals surface area contributed by atoms with Crippen LogP contribution in [0.25, 0.3) is 0 Å². The second kappa shape index (κ2) is 7.14. The van der Waals surface area contributed by atoms with Crippen LogP contribution in [0.5, 0.6) is 11.5 Å². The summed E-state index contributed by atoms with van der Waals surface area (Å²) in [5, 5.41) is 2.82. The number of hydrogen-bond acceptors (Lipinski definition) is 4. The summed E-state index contributed by atoms with van der Waals surface area (Å²) in [6.45, 7) is 4.21. The maximum absolute atomic E-state index is 11.8. The molecule has 5 nitrogen and oxygen atoms in total. The van der Waals surface area contributed by atoms with E-state index in [0.717, 1.165) is 17.1 Å². The van der Waals surface area contributed by atoms with Gasteiger partial charge in [-0.2, -0.15) is 0 Å². The molecular formula is C15H24N2O3. The lowest BCUT2D eigenvalue weighted by molar-refractivity contribution is -0.121. The van der Waals surface area contributed by atoms with Crippen LogP contribution in [-0.4, -0.2) is 32.2 Å². The second-order valence-corrected chi connectivity index (χ2v) is 5.44. The van der Waals surface area contributed by atoms with Crippen LogP contribution in [0.3, 0.4) is 0 Å². The maximum Gasteiger partial charge on any atom is 0.220 e. The zero-order valence-electron chi connectivity index (χ0n) is 12.7. The highest BCUT2D eigenvalue weighted by Crippen LogP contribution is 2.25. The molecule has 0 radical (unpaired) electrons. The average molecular weight is 280 g/mol. The van der Waals surface area contributed by atoms with Gasteiger partial charge in [-0.15, -0.1) is 0 Å². The molecule has 0 heterocycles. The van der Waals surface area contributed by atoms with Gasteiger partial charge < -0.3 is 20.5 Å². The Morgan fingerprint density at radius 2 is 2.00 bits per heavy atom. The zero-order chi connectivity index (χ0) is 15.2. The van der Waals surface area contributed by atoms with E-state index in [4.69, 9.17) is 15.2 Å². The summed E-state index contributed by atoms with van der Waals surface area (Å²) in [4.78, 5) is 11.8. The second-order valence-electron chi connectivity index (χ2n) is 5.44. The Morgan fingerprint density at radius 3 is 2.55 bits per heavy atom. The van der Waals surface area contributed by atoms with Gasteiger partial charge in [0, 0.05) is 18.5 Å². The van der Waals surface area contributed by atoms with Crippen LogP contribution in [0.2, 0.25) is 0 Å². The number of nitrogens with one attached hydrogen (secondary N) is 1. The van der Waals surface area contributed by atoms with E-state index in [1.165, 1.54) is 0 Å². The average Bonchev–Trinajstić information content (AvgIpc) is 2.41. The highest BCUT2D eigenvalue weighted by Gasteiger charge is 2.13. The van der Waals surface area contributed by atoms with E-state index >= 15 is 0 Å². The third-order valence-electron chi connectivity index (χ3n) is 2.85. The maximum atomic E-state index is 11.8. The van der Waals surface area contributed by atoms with Crippen molar-refractivity contribution in [1.82, 2.24) is 5.32 Å². The first-order valence-corrected chi connectivity index (χ1v) is 6.62. The van der Waals surface area contributed by atoms with E-state index in [1.54, 1.807) is 14.2 Å². The molecule has 0 aliphatic heterocycles. The molecule has 0 aromatic heterocycles. The van der Waals surface area contributed by atoms with Crippen molar-refractivity contribution in [1.29, 1.82) is 0 Å². The van der Waals surface area contributed by atoms with Gasteiger partial charge in [-0.05, 0) is 44.0 Å². The summed E-state index contributed by atoms with van der Waals surface area (Å²) in [6.07, 6.45) is 0.983. The number of methoxy groups -OCH3 is 2. The lowest BCUT2D eigenvalue weighted by atomic mass is 10.1. The van der Waals surface area contributed by atoms with Crippen LogP contribution in [0.1, 0.15) is 25.8 Å². The SMILES string of the molecule is COc1ccc(OC)c(CCC(=O)NCC(C)(C)N)c1. The molecule has 112 valence electrons. The van der Waals surface area contributed by atoms with Crippen LogP contribution < -0.4 is 20.5 Å². The molecule has 0 spiro atoms. The zero-order valence-corrected chi connectivity index (χ0v) is 12.7. The van der Waals surface area contributed by atoms with Crippen molar-refractivity contribution in [2.75, 3.05) is 20.8 Å². The number of carbonyl (C=O) groups is 1. The predicted octanol–water partition coefficient (Wildman–Crippen LogP) is 1.49. The normalized spacial score (nSPS) is 11.1. The summed E-state index contributed by atoms with van der Waals surface area (Å²) in [5.74, 6) is 1.50. The minimum atomic E-state index is -0.399. The van der Waals surface area contributed by atoms with Gasteiger partial charge in [-0.25, -0.2) is 0 Å². The minimum absolute atomic E-state index is 0.0200. The van der Waals surface area contributed by atoms with Crippen LogP contribution in [0.15, 0.2) is 18.2 Å². The first-order valence-electron chi connectivity index (χ1n) is 6.62.